The zero-order chi connectivity index (χ0) is 17.2. The molecular weight excluding hydrogens is 316 g/mol. The molecule has 2 rings (SSSR count). The van der Waals surface area contributed by atoms with Gasteiger partial charge in [0.2, 0.25) is 10.0 Å². The lowest BCUT2D eigenvalue weighted by molar-refractivity contribution is 0.528. The van der Waals surface area contributed by atoms with Crippen molar-refractivity contribution >= 4 is 10.0 Å². The quantitative estimate of drug-likeness (QED) is 0.823. The molecule has 128 valence electrons. The predicted octanol–water partition coefficient (Wildman–Crippen LogP) is 1.47. The Kier molecular flexibility index (Phi) is 5.20. The molecule has 0 radical (unpaired) electrons. The third kappa shape index (κ3) is 3.97. The molecule has 0 aromatic carbocycles. The average Bonchev–Trinajstić information content (AvgIpc) is 3.05. The second kappa shape index (κ2) is 6.79. The van der Waals surface area contributed by atoms with E-state index in [0.29, 0.717) is 12.2 Å². The van der Waals surface area contributed by atoms with Crippen LogP contribution in [-0.2, 0) is 16.6 Å². The Morgan fingerprint density at radius 2 is 1.96 bits per heavy atom. The van der Waals surface area contributed by atoms with Gasteiger partial charge in [-0.05, 0) is 20.8 Å². The minimum absolute atomic E-state index is 0.114. The van der Waals surface area contributed by atoms with Gasteiger partial charge in [-0.1, -0.05) is 13.8 Å². The highest BCUT2D eigenvalue weighted by molar-refractivity contribution is 7.89. The number of hydrogen-bond donors (Lipinski definition) is 1. The lowest BCUT2D eigenvalue weighted by atomic mass is 10.2. The number of aryl methyl sites for hydroxylation is 1. The smallest absolute Gasteiger partial charge is 0.244 e. The van der Waals surface area contributed by atoms with Crippen LogP contribution < -0.4 is 4.72 Å². The van der Waals surface area contributed by atoms with Crippen molar-refractivity contribution in [3.05, 3.63) is 24.0 Å². The molecule has 1 N–H and O–H groups in total. The molecule has 0 atom stereocenters. The first-order valence-electron chi connectivity index (χ1n) is 7.65. The second-order valence-electron chi connectivity index (χ2n) is 6.09. The van der Waals surface area contributed by atoms with E-state index in [1.54, 1.807) is 24.1 Å². The van der Waals surface area contributed by atoms with Crippen LogP contribution in [0.4, 0.5) is 0 Å². The lowest BCUT2D eigenvalue weighted by Gasteiger charge is -2.10. The number of aromatic nitrogens is 5. The zero-order valence-electron chi connectivity index (χ0n) is 14.2. The van der Waals surface area contributed by atoms with Crippen LogP contribution in [0.2, 0.25) is 0 Å². The van der Waals surface area contributed by atoms with Gasteiger partial charge in [0.05, 0.1) is 5.69 Å². The normalized spacial score (nSPS) is 12.5. The van der Waals surface area contributed by atoms with Gasteiger partial charge in [-0.15, -0.1) is 10.2 Å². The van der Waals surface area contributed by atoms with Crippen molar-refractivity contribution in [2.75, 3.05) is 6.54 Å². The Hall–Kier alpha value is -1.74. The topological polar surface area (TPSA) is 94.7 Å². The predicted molar refractivity (Wildman–Crippen MR) is 86.6 cm³/mol. The molecule has 23 heavy (non-hydrogen) atoms. The summed E-state index contributed by atoms with van der Waals surface area (Å²) in [6.45, 7) is 10.4. The van der Waals surface area contributed by atoms with Gasteiger partial charge in [0.1, 0.15) is 17.0 Å². The summed E-state index contributed by atoms with van der Waals surface area (Å²) < 4.78 is 31.0. The van der Waals surface area contributed by atoms with E-state index in [1.807, 2.05) is 32.3 Å². The van der Waals surface area contributed by atoms with Crippen LogP contribution in [0, 0.1) is 6.92 Å². The maximum atomic E-state index is 12.4. The van der Waals surface area contributed by atoms with Crippen molar-refractivity contribution in [2.45, 2.75) is 58.0 Å². The van der Waals surface area contributed by atoms with E-state index in [2.05, 4.69) is 20.0 Å². The Bertz CT molecular complexity index is 760. The van der Waals surface area contributed by atoms with Gasteiger partial charge in [0.15, 0.2) is 0 Å². The van der Waals surface area contributed by atoms with Gasteiger partial charge in [-0.25, -0.2) is 13.1 Å². The van der Waals surface area contributed by atoms with Crippen molar-refractivity contribution in [3.63, 3.8) is 0 Å². The number of nitrogens with zero attached hydrogens (tertiary/aromatic N) is 5. The van der Waals surface area contributed by atoms with E-state index in [4.69, 9.17) is 0 Å². The summed E-state index contributed by atoms with van der Waals surface area (Å²) in [7, 11) is -3.58. The van der Waals surface area contributed by atoms with Gasteiger partial charge in [0, 0.05) is 31.2 Å². The summed E-state index contributed by atoms with van der Waals surface area (Å²) in [5.74, 6) is 1.08. The fourth-order valence-corrected chi connectivity index (χ4v) is 3.45. The van der Waals surface area contributed by atoms with Crippen molar-refractivity contribution in [1.82, 2.24) is 29.3 Å². The third-order valence-corrected chi connectivity index (χ3v) is 5.06. The summed E-state index contributed by atoms with van der Waals surface area (Å²) in [5, 5.41) is 12.2. The molecular formula is C14H24N6O2S. The highest BCUT2D eigenvalue weighted by Crippen LogP contribution is 2.16. The molecule has 0 amide bonds. The molecule has 0 bridgehead atoms. The first-order valence-corrected chi connectivity index (χ1v) is 9.13. The monoisotopic (exact) mass is 340 g/mol. The molecule has 0 saturated heterocycles. The summed E-state index contributed by atoms with van der Waals surface area (Å²) in [6, 6.07) is 0.114. The highest BCUT2D eigenvalue weighted by atomic mass is 32.2. The Balaban J connectivity index is 2.06. The van der Waals surface area contributed by atoms with Crippen molar-refractivity contribution in [1.29, 1.82) is 0 Å². The van der Waals surface area contributed by atoms with Crippen LogP contribution in [0.15, 0.2) is 17.4 Å². The van der Waals surface area contributed by atoms with E-state index >= 15 is 0 Å². The van der Waals surface area contributed by atoms with Gasteiger partial charge < -0.3 is 4.57 Å². The van der Waals surface area contributed by atoms with Crippen molar-refractivity contribution in [2.24, 2.45) is 0 Å². The molecule has 0 aliphatic rings. The van der Waals surface area contributed by atoms with Gasteiger partial charge in [-0.2, -0.15) is 5.10 Å². The van der Waals surface area contributed by atoms with Crippen LogP contribution in [-0.4, -0.2) is 39.5 Å². The average molecular weight is 340 g/mol. The summed E-state index contributed by atoms with van der Waals surface area (Å²) in [4.78, 5) is 0.221. The maximum Gasteiger partial charge on any atom is 0.244 e. The van der Waals surface area contributed by atoms with Gasteiger partial charge in [0.25, 0.3) is 0 Å². The molecule has 0 aliphatic carbocycles. The van der Waals surface area contributed by atoms with Crippen LogP contribution in [0.5, 0.6) is 0 Å². The molecule has 0 spiro atoms. The van der Waals surface area contributed by atoms with Gasteiger partial charge in [-0.3, -0.25) is 4.68 Å². The van der Waals surface area contributed by atoms with E-state index in [-0.39, 0.29) is 23.4 Å². The fourth-order valence-electron chi connectivity index (χ4n) is 2.25. The summed E-state index contributed by atoms with van der Waals surface area (Å²) in [6.07, 6.45) is 3.19. The van der Waals surface area contributed by atoms with E-state index < -0.39 is 10.0 Å². The first-order chi connectivity index (χ1) is 10.7. The number of rotatable bonds is 7. The molecule has 2 aromatic rings. The molecule has 9 heteroatoms. The van der Waals surface area contributed by atoms with Crippen LogP contribution in [0.3, 0.4) is 0 Å². The van der Waals surface area contributed by atoms with E-state index in [9.17, 15) is 8.42 Å². The molecule has 0 saturated carbocycles. The standard InChI is InChI=1S/C14H24N6O2S/c1-10(2)14-17-15-9-19(14)7-6-16-23(21,22)13-8-20(11(3)4)18-12(13)5/h8-11,16H,6-7H2,1-5H3. The molecule has 2 heterocycles. The molecule has 0 fully saturated rings. The zero-order valence-corrected chi connectivity index (χ0v) is 15.0. The van der Waals surface area contributed by atoms with E-state index in [0.717, 1.165) is 5.82 Å². The summed E-state index contributed by atoms with van der Waals surface area (Å²) in [5.41, 5.74) is 0.498. The number of hydrogen-bond acceptors (Lipinski definition) is 5. The molecule has 0 aliphatic heterocycles. The molecule has 8 nitrogen and oxygen atoms in total. The van der Waals surface area contributed by atoms with Crippen molar-refractivity contribution in [3.8, 4) is 0 Å². The number of sulfonamides is 1. The number of nitrogens with one attached hydrogen (secondary N) is 1. The Labute approximate surface area is 137 Å². The third-order valence-electron chi connectivity index (χ3n) is 3.50. The first kappa shape index (κ1) is 17.6. The SMILES string of the molecule is Cc1nn(C(C)C)cc1S(=O)(=O)NCCn1cnnc1C(C)C. The fraction of sp³-hybridized carbons (Fsp3) is 0.643. The van der Waals surface area contributed by atoms with Crippen molar-refractivity contribution < 1.29 is 8.42 Å². The van der Waals surface area contributed by atoms with Gasteiger partial charge >= 0.3 is 0 Å². The minimum atomic E-state index is -3.58. The second-order valence-corrected chi connectivity index (χ2v) is 7.82. The molecule has 0 unspecified atom stereocenters. The summed E-state index contributed by atoms with van der Waals surface area (Å²) >= 11 is 0. The lowest BCUT2D eigenvalue weighted by Crippen LogP contribution is -2.28. The Morgan fingerprint density at radius 1 is 1.26 bits per heavy atom. The maximum absolute atomic E-state index is 12.4. The molecule has 2 aromatic heterocycles. The van der Waals surface area contributed by atoms with E-state index in [1.165, 1.54) is 0 Å². The Morgan fingerprint density at radius 3 is 2.52 bits per heavy atom. The van der Waals surface area contributed by atoms with Crippen LogP contribution in [0.1, 0.15) is 51.2 Å². The largest absolute Gasteiger partial charge is 0.316 e. The van der Waals surface area contributed by atoms with Crippen LogP contribution in [0.25, 0.3) is 0 Å². The van der Waals surface area contributed by atoms with Crippen LogP contribution >= 0.6 is 0 Å². The minimum Gasteiger partial charge on any atom is -0.316 e. The highest BCUT2D eigenvalue weighted by Gasteiger charge is 2.20.